The topological polar surface area (TPSA) is 52.6 Å². The van der Waals surface area contributed by atoms with Gasteiger partial charge in [-0.3, -0.25) is 0 Å². The summed E-state index contributed by atoms with van der Waals surface area (Å²) in [6.07, 6.45) is 4.73. The molecule has 0 radical (unpaired) electrons. The molecule has 9 heteroatoms. The van der Waals surface area contributed by atoms with Gasteiger partial charge in [-0.15, -0.1) is 0 Å². The van der Waals surface area contributed by atoms with Crippen LogP contribution in [0.25, 0.3) is 0 Å². The van der Waals surface area contributed by atoms with E-state index in [0.29, 0.717) is 12.8 Å². The summed E-state index contributed by atoms with van der Waals surface area (Å²) >= 11 is 0. The fourth-order valence-electron chi connectivity index (χ4n) is 2.46. The molecule has 1 rings (SSSR count). The molecule has 25 heavy (non-hydrogen) atoms. The Hall–Kier alpha value is -0.543. The molecule has 0 heterocycles. The summed E-state index contributed by atoms with van der Waals surface area (Å²) in [5.74, 6) is -0.241. The van der Waals surface area contributed by atoms with Gasteiger partial charge in [0.05, 0.1) is 0 Å². The Morgan fingerprint density at radius 2 is 1.68 bits per heavy atom. The van der Waals surface area contributed by atoms with Crippen LogP contribution in [-0.4, -0.2) is 27.8 Å². The van der Waals surface area contributed by atoms with Crippen LogP contribution in [0.5, 0.6) is 0 Å². The minimum absolute atomic E-state index is 0.174. The van der Waals surface area contributed by atoms with Crippen molar-refractivity contribution in [3.63, 3.8) is 0 Å². The summed E-state index contributed by atoms with van der Waals surface area (Å²) in [7, 11) is -8.08. The van der Waals surface area contributed by atoms with Crippen molar-refractivity contribution in [2.75, 3.05) is 0 Å². The van der Waals surface area contributed by atoms with Gasteiger partial charge in [0.25, 0.3) is 0 Å². The predicted octanol–water partition coefficient (Wildman–Crippen LogP) is 5.48. The van der Waals surface area contributed by atoms with Crippen LogP contribution in [0.2, 0.25) is 18.1 Å². The SMILES string of the molecule is CC1(O[Si](C)(C)C(C)(C)C)CCCCC/C=C\1OS(=O)(=O)C(F)(F)F. The molecule has 0 saturated heterocycles. The van der Waals surface area contributed by atoms with Gasteiger partial charge in [0, 0.05) is 0 Å². The van der Waals surface area contributed by atoms with Gasteiger partial charge in [0.1, 0.15) is 11.4 Å². The van der Waals surface area contributed by atoms with Gasteiger partial charge in [0.2, 0.25) is 0 Å². The van der Waals surface area contributed by atoms with Gasteiger partial charge in [-0.1, -0.05) is 33.6 Å². The maximum absolute atomic E-state index is 12.8. The summed E-state index contributed by atoms with van der Waals surface area (Å²) in [6, 6.07) is 0. The van der Waals surface area contributed by atoms with Crippen LogP contribution in [0.3, 0.4) is 0 Å². The molecule has 0 aromatic heterocycles. The standard InChI is InChI=1S/C16H29F3O4SSi/c1-14(2,3)25(5,6)23-15(4)12-10-8-7-9-11-13(15)22-24(20,21)16(17,18)19/h11H,7-10,12H2,1-6H3/b13-11+. The number of alkyl halides is 3. The maximum Gasteiger partial charge on any atom is 0.534 e. The Kier molecular flexibility index (Phi) is 6.50. The largest absolute Gasteiger partial charge is 0.534 e. The van der Waals surface area contributed by atoms with Crippen LogP contribution in [0, 0.1) is 0 Å². The van der Waals surface area contributed by atoms with Crippen molar-refractivity contribution in [3.05, 3.63) is 11.8 Å². The lowest BCUT2D eigenvalue weighted by Gasteiger charge is -2.45. The summed E-state index contributed by atoms with van der Waals surface area (Å²) in [4.78, 5) is 0. The van der Waals surface area contributed by atoms with E-state index in [1.54, 1.807) is 6.92 Å². The summed E-state index contributed by atoms with van der Waals surface area (Å²) < 4.78 is 72.3. The van der Waals surface area contributed by atoms with E-state index in [1.165, 1.54) is 6.08 Å². The number of hydrogen-bond donors (Lipinski definition) is 0. The van der Waals surface area contributed by atoms with E-state index in [4.69, 9.17) is 4.43 Å². The van der Waals surface area contributed by atoms with E-state index >= 15 is 0 Å². The number of halogens is 3. The highest BCUT2D eigenvalue weighted by Gasteiger charge is 2.52. The van der Waals surface area contributed by atoms with Crippen molar-refractivity contribution in [2.45, 2.75) is 89.0 Å². The van der Waals surface area contributed by atoms with Crippen molar-refractivity contribution >= 4 is 18.4 Å². The lowest BCUT2D eigenvalue weighted by atomic mass is 9.92. The second-order valence-corrected chi connectivity index (χ2v) is 14.5. The highest BCUT2D eigenvalue weighted by Crippen LogP contribution is 2.44. The summed E-state index contributed by atoms with van der Waals surface area (Å²) in [5, 5.41) is -0.174. The third kappa shape index (κ3) is 5.46. The van der Waals surface area contributed by atoms with Crippen molar-refractivity contribution in [3.8, 4) is 0 Å². The third-order valence-corrected chi connectivity index (χ3v) is 10.5. The van der Waals surface area contributed by atoms with E-state index < -0.39 is 29.5 Å². The second kappa shape index (κ2) is 7.23. The molecule has 0 bridgehead atoms. The molecule has 148 valence electrons. The van der Waals surface area contributed by atoms with Crippen molar-refractivity contribution in [1.29, 1.82) is 0 Å². The van der Waals surface area contributed by atoms with Crippen molar-refractivity contribution < 1.29 is 30.2 Å². The summed E-state index contributed by atoms with van der Waals surface area (Å²) in [6.45, 7) is 11.6. The molecule has 0 fully saturated rings. The average Bonchev–Trinajstić information content (AvgIpc) is 2.36. The van der Waals surface area contributed by atoms with Crippen LogP contribution in [0.15, 0.2) is 11.8 Å². The van der Waals surface area contributed by atoms with Crippen LogP contribution in [0.1, 0.15) is 59.8 Å². The molecular formula is C16H29F3O4SSi. The zero-order valence-electron chi connectivity index (χ0n) is 15.8. The third-order valence-electron chi connectivity index (χ3n) is 4.98. The molecular weight excluding hydrogens is 373 g/mol. The monoisotopic (exact) mass is 402 g/mol. The molecule has 0 N–H and O–H groups in total. The van der Waals surface area contributed by atoms with Gasteiger partial charge in [-0.25, -0.2) is 0 Å². The molecule has 1 atom stereocenters. The quantitative estimate of drug-likeness (QED) is 0.355. The molecule has 4 nitrogen and oxygen atoms in total. The molecule has 0 spiro atoms. The number of hydrogen-bond acceptors (Lipinski definition) is 4. The van der Waals surface area contributed by atoms with Crippen LogP contribution < -0.4 is 0 Å². The predicted molar refractivity (Wildman–Crippen MR) is 93.9 cm³/mol. The minimum Gasteiger partial charge on any atom is -0.404 e. The molecule has 0 aliphatic heterocycles. The van der Waals surface area contributed by atoms with Crippen LogP contribution >= 0.6 is 0 Å². The maximum atomic E-state index is 12.8. The zero-order chi connectivity index (χ0) is 19.7. The highest BCUT2D eigenvalue weighted by atomic mass is 32.2. The van der Waals surface area contributed by atoms with Crippen molar-refractivity contribution in [1.82, 2.24) is 0 Å². The van der Waals surface area contributed by atoms with Crippen molar-refractivity contribution in [2.24, 2.45) is 0 Å². The van der Waals surface area contributed by atoms with Crippen LogP contribution in [0.4, 0.5) is 13.2 Å². The lowest BCUT2D eigenvalue weighted by Crippen LogP contribution is -2.50. The Labute approximate surface area is 150 Å². The summed E-state index contributed by atoms with van der Waals surface area (Å²) in [5.41, 5.74) is -6.66. The van der Waals surface area contributed by atoms with E-state index in [2.05, 4.69) is 4.18 Å². The number of rotatable bonds is 4. The fraction of sp³-hybridized carbons (Fsp3) is 0.875. The van der Waals surface area contributed by atoms with Gasteiger partial charge < -0.3 is 8.61 Å². The first-order valence-electron chi connectivity index (χ1n) is 8.43. The zero-order valence-corrected chi connectivity index (χ0v) is 17.6. The van der Waals surface area contributed by atoms with E-state index in [1.807, 2.05) is 33.9 Å². The Balaban J connectivity index is 3.28. The molecule has 0 amide bonds. The van der Waals surface area contributed by atoms with E-state index in [9.17, 15) is 21.6 Å². The smallest absolute Gasteiger partial charge is 0.404 e. The Morgan fingerprint density at radius 1 is 1.12 bits per heavy atom. The molecule has 0 aromatic carbocycles. The first-order chi connectivity index (χ1) is 11.0. The van der Waals surface area contributed by atoms with Crippen LogP contribution in [-0.2, 0) is 18.7 Å². The molecule has 0 saturated carbocycles. The lowest BCUT2D eigenvalue weighted by molar-refractivity contribution is -0.0549. The van der Waals surface area contributed by atoms with E-state index in [-0.39, 0.29) is 10.8 Å². The van der Waals surface area contributed by atoms with Gasteiger partial charge in [-0.2, -0.15) is 21.6 Å². The molecule has 1 unspecified atom stereocenters. The van der Waals surface area contributed by atoms with Gasteiger partial charge >= 0.3 is 15.6 Å². The van der Waals surface area contributed by atoms with Gasteiger partial charge in [-0.05, 0) is 50.4 Å². The van der Waals surface area contributed by atoms with E-state index in [0.717, 1.165) is 19.3 Å². The average molecular weight is 403 g/mol. The fourth-order valence-corrected chi connectivity index (χ4v) is 4.67. The number of allylic oxidation sites excluding steroid dienone is 1. The Morgan fingerprint density at radius 3 is 2.16 bits per heavy atom. The van der Waals surface area contributed by atoms with Gasteiger partial charge in [0.15, 0.2) is 8.32 Å². The first-order valence-corrected chi connectivity index (χ1v) is 12.8. The molecule has 0 aromatic rings. The molecule has 1 aliphatic carbocycles. The second-order valence-electron chi connectivity index (χ2n) is 8.24. The first kappa shape index (κ1) is 22.5. The molecule has 1 aliphatic rings. The Bertz CT molecular complexity index is 606. The normalized spacial score (nSPS) is 26.4. The highest BCUT2D eigenvalue weighted by molar-refractivity contribution is 7.87. The minimum atomic E-state index is -5.72.